The summed E-state index contributed by atoms with van der Waals surface area (Å²) in [7, 11) is 0. The Balaban J connectivity index is 1.87. The van der Waals surface area contributed by atoms with Crippen LogP contribution >= 0.6 is 0 Å². The fourth-order valence-corrected chi connectivity index (χ4v) is 4.40. The smallest absolute Gasteiger partial charge is 0.303 e. The first kappa shape index (κ1) is 23.4. The fraction of sp³-hybridized carbons (Fsp3) is 0.667. The summed E-state index contributed by atoms with van der Waals surface area (Å²) in [5.41, 5.74) is -0.102. The van der Waals surface area contributed by atoms with E-state index in [9.17, 15) is 19.8 Å². The van der Waals surface area contributed by atoms with Gasteiger partial charge in [0.05, 0.1) is 12.2 Å². The maximum absolute atomic E-state index is 12.3. The monoisotopic (exact) mass is 402 g/mol. The van der Waals surface area contributed by atoms with E-state index in [-0.39, 0.29) is 35.9 Å². The highest BCUT2D eigenvalue weighted by Crippen LogP contribution is 2.47. The molecule has 2 rings (SSSR count). The zero-order valence-electron chi connectivity index (χ0n) is 17.3. The zero-order chi connectivity index (χ0) is 21.3. The lowest BCUT2D eigenvalue weighted by Gasteiger charge is -2.44. The van der Waals surface area contributed by atoms with Gasteiger partial charge in [0.25, 0.3) is 0 Å². The third kappa shape index (κ3) is 6.55. The Morgan fingerprint density at radius 3 is 2.69 bits per heavy atom. The van der Waals surface area contributed by atoms with Crippen molar-refractivity contribution in [3.63, 3.8) is 0 Å². The number of carbonyl (C=O) groups is 2. The number of aliphatic carboxylic acids is 1. The van der Waals surface area contributed by atoms with Crippen LogP contribution < -0.4 is 0 Å². The van der Waals surface area contributed by atoms with Gasteiger partial charge in [-0.05, 0) is 45.4 Å². The normalized spacial score (nSPS) is 27.0. The molecule has 4 atom stereocenters. The van der Waals surface area contributed by atoms with Crippen LogP contribution in [0.15, 0.2) is 24.3 Å². The van der Waals surface area contributed by atoms with Gasteiger partial charge in [-0.3, -0.25) is 9.59 Å². The predicted octanol–water partition coefficient (Wildman–Crippen LogP) is 3.64. The van der Waals surface area contributed by atoms with Crippen LogP contribution in [0.5, 0.6) is 0 Å². The van der Waals surface area contributed by atoms with E-state index in [2.05, 4.69) is 11.8 Å². The summed E-state index contributed by atoms with van der Waals surface area (Å²) >= 11 is 0. The van der Waals surface area contributed by atoms with Gasteiger partial charge in [0.15, 0.2) is 0 Å². The molecule has 2 fully saturated rings. The molecule has 160 valence electrons. The van der Waals surface area contributed by atoms with Crippen molar-refractivity contribution in [2.75, 3.05) is 0 Å². The minimum Gasteiger partial charge on any atom is -0.481 e. The Kier molecular flexibility index (Phi) is 9.13. The summed E-state index contributed by atoms with van der Waals surface area (Å²) in [6.45, 7) is 1.82. The van der Waals surface area contributed by atoms with Gasteiger partial charge in [-0.1, -0.05) is 30.7 Å². The van der Waals surface area contributed by atoms with E-state index >= 15 is 0 Å². The van der Waals surface area contributed by atoms with Gasteiger partial charge >= 0.3 is 5.97 Å². The molecule has 1 unspecified atom stereocenters. The minimum atomic E-state index is -0.801. The molecule has 0 aromatic rings. The van der Waals surface area contributed by atoms with E-state index in [1.807, 2.05) is 31.2 Å². The molecule has 0 saturated heterocycles. The highest BCUT2D eigenvalue weighted by Gasteiger charge is 2.42. The lowest BCUT2D eigenvalue weighted by molar-refractivity contribution is -0.137. The molecule has 3 N–H and O–H groups in total. The lowest BCUT2D eigenvalue weighted by atomic mass is 9.62. The van der Waals surface area contributed by atoms with Gasteiger partial charge in [0.2, 0.25) is 0 Å². The summed E-state index contributed by atoms with van der Waals surface area (Å²) in [6, 6.07) is 0. The number of Topliss-reactive ketones (excluding diaryl/α,β-unsaturated/α-hetero) is 1. The number of carboxylic acid groups (broad SMARTS) is 1. The summed E-state index contributed by atoms with van der Waals surface area (Å²) < 4.78 is 0. The molecule has 5 nitrogen and oxygen atoms in total. The summed E-state index contributed by atoms with van der Waals surface area (Å²) in [5.74, 6) is 4.81. The van der Waals surface area contributed by atoms with Crippen LogP contribution in [0.1, 0.15) is 71.1 Å². The van der Waals surface area contributed by atoms with Crippen LogP contribution in [-0.2, 0) is 9.59 Å². The van der Waals surface area contributed by atoms with Crippen LogP contribution in [0.2, 0.25) is 0 Å². The summed E-state index contributed by atoms with van der Waals surface area (Å²) in [5, 5.41) is 29.6. The molecule has 0 aliphatic heterocycles. The quantitative estimate of drug-likeness (QED) is 0.279. The third-order valence-corrected chi connectivity index (χ3v) is 6.44. The Hall–Kier alpha value is -1.90. The second-order valence-electron chi connectivity index (χ2n) is 8.41. The Morgan fingerprint density at radius 2 is 2.07 bits per heavy atom. The van der Waals surface area contributed by atoms with Gasteiger partial charge < -0.3 is 15.3 Å². The number of carbonyl (C=O) groups excluding carboxylic acids is 1. The molecule has 0 heterocycles. The van der Waals surface area contributed by atoms with Gasteiger partial charge in [-0.15, -0.1) is 11.8 Å². The van der Waals surface area contributed by atoms with Crippen LogP contribution in [-0.4, -0.2) is 39.3 Å². The molecule has 0 amide bonds. The highest BCUT2D eigenvalue weighted by molar-refractivity contribution is 5.84. The molecule has 0 bridgehead atoms. The van der Waals surface area contributed by atoms with E-state index in [4.69, 9.17) is 5.11 Å². The average molecular weight is 403 g/mol. The van der Waals surface area contributed by atoms with Crippen molar-refractivity contribution in [3.05, 3.63) is 24.3 Å². The molecule has 0 spiro atoms. The van der Waals surface area contributed by atoms with E-state index in [1.54, 1.807) is 0 Å². The van der Waals surface area contributed by atoms with Gasteiger partial charge in [0, 0.05) is 36.5 Å². The molecule has 29 heavy (non-hydrogen) atoms. The summed E-state index contributed by atoms with van der Waals surface area (Å²) in [6.07, 6.45) is 13.0. The largest absolute Gasteiger partial charge is 0.481 e. The predicted molar refractivity (Wildman–Crippen MR) is 112 cm³/mol. The van der Waals surface area contributed by atoms with Crippen molar-refractivity contribution in [1.82, 2.24) is 0 Å². The van der Waals surface area contributed by atoms with Crippen molar-refractivity contribution >= 4 is 11.8 Å². The molecule has 0 aromatic carbocycles. The minimum absolute atomic E-state index is 0.0663. The SMILES string of the molecule is CC#CCC1(C(O)CC=C[C@H]2[C@H](O)CC(=O)[C@@H]2CC=CCCCC(=O)O)CCC1. The Labute approximate surface area is 173 Å². The number of rotatable bonds is 11. The molecule has 2 saturated carbocycles. The molecular weight excluding hydrogens is 368 g/mol. The maximum atomic E-state index is 12.3. The first-order valence-corrected chi connectivity index (χ1v) is 10.7. The van der Waals surface area contributed by atoms with E-state index < -0.39 is 18.2 Å². The number of allylic oxidation sites excluding steroid dienone is 2. The van der Waals surface area contributed by atoms with Crippen molar-refractivity contribution in [2.45, 2.75) is 83.3 Å². The zero-order valence-corrected chi connectivity index (χ0v) is 17.3. The van der Waals surface area contributed by atoms with E-state index in [0.717, 1.165) is 25.7 Å². The Bertz CT molecular complexity index is 677. The molecular formula is C24H34O5. The van der Waals surface area contributed by atoms with E-state index in [1.165, 1.54) is 0 Å². The number of aliphatic hydroxyl groups excluding tert-OH is 2. The first-order valence-electron chi connectivity index (χ1n) is 10.7. The number of carboxylic acids is 1. The molecule has 0 aromatic heterocycles. The second-order valence-corrected chi connectivity index (χ2v) is 8.41. The second kappa shape index (κ2) is 11.3. The number of unbranched alkanes of at least 4 members (excludes halogenated alkanes) is 1. The van der Waals surface area contributed by atoms with Crippen molar-refractivity contribution in [3.8, 4) is 11.8 Å². The highest BCUT2D eigenvalue weighted by atomic mass is 16.4. The van der Waals surface area contributed by atoms with Crippen LogP contribution in [0, 0.1) is 29.1 Å². The lowest BCUT2D eigenvalue weighted by Crippen LogP contribution is -2.40. The van der Waals surface area contributed by atoms with Gasteiger partial charge in [-0.2, -0.15) is 0 Å². The number of aliphatic hydroxyl groups is 2. The molecule has 0 radical (unpaired) electrons. The van der Waals surface area contributed by atoms with Crippen molar-refractivity contribution < 1.29 is 24.9 Å². The van der Waals surface area contributed by atoms with Crippen molar-refractivity contribution in [1.29, 1.82) is 0 Å². The fourth-order valence-electron chi connectivity index (χ4n) is 4.40. The number of ketones is 1. The van der Waals surface area contributed by atoms with Crippen LogP contribution in [0.4, 0.5) is 0 Å². The molecule has 5 heteroatoms. The van der Waals surface area contributed by atoms with E-state index in [0.29, 0.717) is 25.7 Å². The van der Waals surface area contributed by atoms with Crippen LogP contribution in [0.3, 0.4) is 0 Å². The maximum Gasteiger partial charge on any atom is 0.303 e. The molecule has 2 aliphatic carbocycles. The Morgan fingerprint density at radius 1 is 1.31 bits per heavy atom. The van der Waals surface area contributed by atoms with Crippen LogP contribution in [0.25, 0.3) is 0 Å². The topological polar surface area (TPSA) is 94.8 Å². The van der Waals surface area contributed by atoms with Crippen molar-refractivity contribution in [2.24, 2.45) is 17.3 Å². The molecule has 2 aliphatic rings. The average Bonchev–Trinajstić information content (AvgIpc) is 2.90. The standard InChI is InChI=1S/C24H34O5/c1-2-3-14-24(15-9-16-24)22(27)12-8-11-19-18(20(25)17-21(19)26)10-6-4-5-7-13-23(28)29/h4,6,8,11,18-19,21-22,26-27H,5,7,9-10,12-17H2,1H3,(H,28,29)/t18-,19-,21-,22?/m1/s1. The number of hydrogen-bond donors (Lipinski definition) is 3. The first-order chi connectivity index (χ1) is 13.9. The third-order valence-electron chi connectivity index (χ3n) is 6.44. The van der Waals surface area contributed by atoms with Gasteiger partial charge in [0.1, 0.15) is 5.78 Å². The van der Waals surface area contributed by atoms with Gasteiger partial charge in [-0.25, -0.2) is 0 Å². The summed E-state index contributed by atoms with van der Waals surface area (Å²) in [4.78, 5) is 22.8. The number of hydrogen-bond acceptors (Lipinski definition) is 4.